The Hall–Kier alpha value is -2.50. The average molecular weight is 438 g/mol. The number of nitrogens with zero attached hydrogens (tertiary/aromatic N) is 4. The Morgan fingerprint density at radius 3 is 2.30 bits per heavy atom. The molecule has 2 aromatic heterocycles. The zero-order valence-corrected chi connectivity index (χ0v) is 16.0. The quantitative estimate of drug-likeness (QED) is 0.628. The van der Waals surface area contributed by atoms with Gasteiger partial charge in [0.05, 0.1) is 5.56 Å². The minimum atomic E-state index is -4.59. The van der Waals surface area contributed by atoms with Crippen LogP contribution in [0.25, 0.3) is 0 Å². The highest BCUT2D eigenvalue weighted by Gasteiger charge is 2.37. The molecular weight excluding hydrogens is 418 g/mol. The predicted molar refractivity (Wildman–Crippen MR) is 94.0 cm³/mol. The molecule has 3 rings (SSSR count). The van der Waals surface area contributed by atoms with E-state index in [1.54, 1.807) is 11.8 Å². The Bertz CT molecular complexity index is 827. The topological polar surface area (TPSA) is 52.4 Å². The summed E-state index contributed by atoms with van der Waals surface area (Å²) in [5.41, 5.74) is -1.79. The molecule has 1 fully saturated rings. The van der Waals surface area contributed by atoms with Crippen molar-refractivity contribution >= 4 is 5.82 Å². The van der Waals surface area contributed by atoms with Gasteiger partial charge in [0.1, 0.15) is 24.3 Å². The number of anilines is 1. The smallest absolute Gasteiger partial charge is 0.433 e. The van der Waals surface area contributed by atoms with Crippen molar-refractivity contribution in [1.82, 2.24) is 14.8 Å². The number of alkyl halides is 6. The highest BCUT2D eigenvalue weighted by molar-refractivity contribution is 5.40. The molecule has 1 aliphatic heterocycles. The van der Waals surface area contributed by atoms with Gasteiger partial charge >= 0.3 is 12.4 Å². The summed E-state index contributed by atoms with van der Waals surface area (Å²) in [6.07, 6.45) is -7.71. The van der Waals surface area contributed by atoms with Gasteiger partial charge in [0.15, 0.2) is 0 Å². The van der Waals surface area contributed by atoms with E-state index in [4.69, 9.17) is 9.47 Å². The zero-order valence-electron chi connectivity index (χ0n) is 16.0. The minimum absolute atomic E-state index is 0.145. The molecule has 0 spiro atoms. The van der Waals surface area contributed by atoms with Crippen LogP contribution in [0.4, 0.5) is 32.2 Å². The molecule has 0 radical (unpaired) electrons. The Balaban J connectivity index is 1.60. The summed E-state index contributed by atoms with van der Waals surface area (Å²) >= 11 is 0. The first-order valence-electron chi connectivity index (χ1n) is 9.25. The summed E-state index contributed by atoms with van der Waals surface area (Å²) < 4.78 is 88.7. The Kier molecular flexibility index (Phi) is 6.44. The van der Waals surface area contributed by atoms with E-state index in [0.29, 0.717) is 36.4 Å². The fourth-order valence-electron chi connectivity index (χ4n) is 3.07. The lowest BCUT2D eigenvalue weighted by atomic mass is 10.1. The molecule has 6 nitrogen and oxygen atoms in total. The van der Waals surface area contributed by atoms with Crippen LogP contribution >= 0.6 is 0 Å². The second kappa shape index (κ2) is 8.70. The lowest BCUT2D eigenvalue weighted by Gasteiger charge is -2.32. The Morgan fingerprint density at radius 2 is 1.77 bits per heavy atom. The van der Waals surface area contributed by atoms with Crippen LogP contribution in [0.5, 0.6) is 5.88 Å². The van der Waals surface area contributed by atoms with Crippen molar-refractivity contribution in [3.8, 4) is 5.88 Å². The third-order valence-electron chi connectivity index (χ3n) is 4.59. The van der Waals surface area contributed by atoms with Crippen molar-refractivity contribution in [1.29, 1.82) is 0 Å². The first-order chi connectivity index (χ1) is 14.1. The molecule has 0 bridgehead atoms. The minimum Gasteiger partial charge on any atom is -0.473 e. The molecule has 30 heavy (non-hydrogen) atoms. The summed E-state index contributed by atoms with van der Waals surface area (Å²) in [7, 11) is 0. The van der Waals surface area contributed by atoms with Gasteiger partial charge in [-0.25, -0.2) is 9.67 Å². The van der Waals surface area contributed by atoms with Gasteiger partial charge in [-0.1, -0.05) is 0 Å². The molecule has 12 heteroatoms. The molecule has 166 valence electrons. The van der Waals surface area contributed by atoms with E-state index >= 15 is 0 Å². The number of hydrogen-bond donors (Lipinski definition) is 0. The standard InChI is InChI=1S/C18H20F6N4O2/c1-2-29-11-28-14(18(22,23)24)9-16(26-28)30-13-5-7-27(8-6-13)15-4-3-12(10-25-15)17(19,20)21/h3-4,9-10,13H,2,5-8,11H2,1H3. The monoisotopic (exact) mass is 438 g/mol. The van der Waals surface area contributed by atoms with Gasteiger partial charge in [0.2, 0.25) is 5.88 Å². The number of halogens is 6. The van der Waals surface area contributed by atoms with Crippen LogP contribution in [-0.4, -0.2) is 40.6 Å². The molecule has 1 saturated heterocycles. The molecular formula is C18H20F6N4O2. The molecule has 1 aliphatic rings. The average Bonchev–Trinajstić information content (AvgIpc) is 3.09. The first-order valence-corrected chi connectivity index (χ1v) is 9.25. The zero-order chi connectivity index (χ0) is 21.9. The Morgan fingerprint density at radius 1 is 1.07 bits per heavy atom. The predicted octanol–water partition coefficient (Wildman–Crippen LogP) is 4.36. The summed E-state index contributed by atoms with van der Waals surface area (Å²) in [5, 5.41) is 3.84. The van der Waals surface area contributed by atoms with E-state index in [9.17, 15) is 26.3 Å². The van der Waals surface area contributed by atoms with Crippen molar-refractivity contribution in [3.63, 3.8) is 0 Å². The first kappa shape index (κ1) is 22.2. The highest BCUT2D eigenvalue weighted by Crippen LogP contribution is 2.33. The van der Waals surface area contributed by atoms with Gasteiger partial charge in [-0.2, -0.15) is 26.3 Å². The van der Waals surface area contributed by atoms with Gasteiger partial charge in [0, 0.05) is 44.8 Å². The van der Waals surface area contributed by atoms with Crippen LogP contribution in [0.15, 0.2) is 24.4 Å². The SMILES string of the molecule is CCOCn1nc(OC2CCN(c3ccc(C(F)(F)F)cn3)CC2)cc1C(F)(F)F. The van der Waals surface area contributed by atoms with E-state index in [-0.39, 0.29) is 25.3 Å². The lowest BCUT2D eigenvalue weighted by Crippen LogP contribution is -2.38. The molecule has 0 aliphatic carbocycles. The fourth-order valence-corrected chi connectivity index (χ4v) is 3.07. The molecule has 2 aromatic rings. The summed E-state index contributed by atoms with van der Waals surface area (Å²) in [4.78, 5) is 5.66. The molecule has 0 amide bonds. The third-order valence-corrected chi connectivity index (χ3v) is 4.59. The van der Waals surface area contributed by atoms with Crippen LogP contribution in [0, 0.1) is 0 Å². The van der Waals surface area contributed by atoms with Crippen LogP contribution in [0.2, 0.25) is 0 Å². The van der Waals surface area contributed by atoms with Crippen LogP contribution in [-0.2, 0) is 23.8 Å². The van der Waals surface area contributed by atoms with Crippen molar-refractivity contribution < 1.29 is 35.8 Å². The van der Waals surface area contributed by atoms with Gasteiger partial charge < -0.3 is 14.4 Å². The number of hydrogen-bond acceptors (Lipinski definition) is 5. The Labute approximate surface area is 168 Å². The number of piperidine rings is 1. The van der Waals surface area contributed by atoms with Crippen LogP contribution < -0.4 is 9.64 Å². The number of rotatable bonds is 6. The van der Waals surface area contributed by atoms with E-state index in [2.05, 4.69) is 10.1 Å². The molecule has 3 heterocycles. The maximum atomic E-state index is 13.2. The van der Waals surface area contributed by atoms with Crippen molar-refractivity contribution in [3.05, 3.63) is 35.7 Å². The second-order valence-electron chi connectivity index (χ2n) is 6.69. The van der Waals surface area contributed by atoms with Crippen molar-refractivity contribution in [2.45, 2.75) is 45.0 Å². The molecule has 0 unspecified atom stereocenters. The molecule has 0 saturated carbocycles. The maximum Gasteiger partial charge on any atom is 0.433 e. The fraction of sp³-hybridized carbons (Fsp3) is 0.556. The van der Waals surface area contributed by atoms with Crippen LogP contribution in [0.3, 0.4) is 0 Å². The van der Waals surface area contributed by atoms with E-state index in [1.165, 1.54) is 6.07 Å². The number of ether oxygens (including phenoxy) is 2. The van der Waals surface area contributed by atoms with Crippen molar-refractivity contribution in [2.75, 3.05) is 24.6 Å². The van der Waals surface area contributed by atoms with Gasteiger partial charge in [-0.3, -0.25) is 0 Å². The molecule has 0 N–H and O–H groups in total. The third kappa shape index (κ3) is 5.35. The normalized spacial score (nSPS) is 16.2. The van der Waals surface area contributed by atoms with Crippen molar-refractivity contribution in [2.24, 2.45) is 0 Å². The highest BCUT2D eigenvalue weighted by atomic mass is 19.4. The van der Waals surface area contributed by atoms with Crippen LogP contribution in [0.1, 0.15) is 31.0 Å². The molecule has 0 aromatic carbocycles. The largest absolute Gasteiger partial charge is 0.473 e. The van der Waals surface area contributed by atoms with E-state index in [1.807, 2.05) is 0 Å². The maximum absolute atomic E-state index is 13.2. The van der Waals surface area contributed by atoms with Gasteiger partial charge in [-0.15, -0.1) is 5.10 Å². The van der Waals surface area contributed by atoms with E-state index in [0.717, 1.165) is 18.3 Å². The summed E-state index contributed by atoms with van der Waals surface area (Å²) in [6, 6.07) is 3.10. The van der Waals surface area contributed by atoms with Gasteiger partial charge in [0.25, 0.3) is 0 Å². The summed E-state index contributed by atoms with van der Waals surface area (Å²) in [5.74, 6) is 0.259. The van der Waals surface area contributed by atoms with E-state index < -0.39 is 23.6 Å². The number of pyridine rings is 1. The summed E-state index contributed by atoms with van der Waals surface area (Å²) in [6.45, 7) is 2.44. The lowest BCUT2D eigenvalue weighted by molar-refractivity contribution is -0.146. The van der Waals surface area contributed by atoms with Gasteiger partial charge in [-0.05, 0) is 19.1 Å². The number of aromatic nitrogens is 3. The molecule has 0 atom stereocenters. The second-order valence-corrected chi connectivity index (χ2v) is 6.69.